The second kappa shape index (κ2) is 6.73. The third kappa shape index (κ3) is 3.71. The summed E-state index contributed by atoms with van der Waals surface area (Å²) in [7, 11) is 0. The van der Waals surface area contributed by atoms with Crippen molar-refractivity contribution in [3.8, 4) is 5.75 Å². The van der Waals surface area contributed by atoms with Crippen LogP contribution in [-0.4, -0.2) is 17.7 Å². The average molecular weight is 280 g/mol. The molecular formula is C16H21FO3. The van der Waals surface area contributed by atoms with Crippen molar-refractivity contribution in [1.82, 2.24) is 0 Å². The second-order valence-corrected chi connectivity index (χ2v) is 5.43. The summed E-state index contributed by atoms with van der Waals surface area (Å²) in [4.78, 5) is 11.4. The lowest BCUT2D eigenvalue weighted by Gasteiger charge is -2.28. The molecule has 0 atom stereocenters. The number of ether oxygens (including phenoxy) is 1. The molecule has 1 aliphatic rings. The normalized spacial score (nSPS) is 22.5. The summed E-state index contributed by atoms with van der Waals surface area (Å²) in [6.07, 6.45) is 4.05. The SMILES string of the molecule is CCOC(=O)CC1CCC(c2cc(F)ccc2O)CC1. The van der Waals surface area contributed by atoms with Crippen LogP contribution in [-0.2, 0) is 9.53 Å². The van der Waals surface area contributed by atoms with E-state index in [0.717, 1.165) is 25.7 Å². The summed E-state index contributed by atoms with van der Waals surface area (Å²) >= 11 is 0. The molecule has 0 bridgehead atoms. The van der Waals surface area contributed by atoms with Crippen LogP contribution in [0.1, 0.15) is 50.5 Å². The molecule has 20 heavy (non-hydrogen) atoms. The lowest BCUT2D eigenvalue weighted by atomic mass is 9.77. The maximum Gasteiger partial charge on any atom is 0.306 e. The lowest BCUT2D eigenvalue weighted by molar-refractivity contribution is -0.144. The van der Waals surface area contributed by atoms with Crippen LogP contribution < -0.4 is 0 Å². The summed E-state index contributed by atoms with van der Waals surface area (Å²) < 4.78 is 18.2. The number of benzene rings is 1. The molecule has 3 nitrogen and oxygen atoms in total. The molecule has 1 fully saturated rings. The van der Waals surface area contributed by atoms with Gasteiger partial charge in [-0.15, -0.1) is 0 Å². The Bertz CT molecular complexity index is 465. The number of phenols is 1. The minimum Gasteiger partial charge on any atom is -0.508 e. The van der Waals surface area contributed by atoms with Crippen LogP contribution in [0.2, 0.25) is 0 Å². The molecule has 0 amide bonds. The van der Waals surface area contributed by atoms with E-state index in [0.29, 0.717) is 24.5 Å². The highest BCUT2D eigenvalue weighted by molar-refractivity contribution is 5.69. The first-order chi connectivity index (χ1) is 9.60. The predicted molar refractivity (Wildman–Crippen MR) is 74.0 cm³/mol. The van der Waals surface area contributed by atoms with Gasteiger partial charge in [-0.2, -0.15) is 0 Å². The fourth-order valence-electron chi connectivity index (χ4n) is 2.99. The minimum absolute atomic E-state index is 0.135. The number of hydrogen-bond acceptors (Lipinski definition) is 3. The molecule has 0 unspecified atom stereocenters. The van der Waals surface area contributed by atoms with Gasteiger partial charge in [0.15, 0.2) is 0 Å². The Hall–Kier alpha value is -1.58. The highest BCUT2D eigenvalue weighted by Gasteiger charge is 2.26. The second-order valence-electron chi connectivity index (χ2n) is 5.43. The van der Waals surface area contributed by atoms with Crippen LogP contribution in [0.15, 0.2) is 18.2 Å². The highest BCUT2D eigenvalue weighted by Crippen LogP contribution is 2.40. The molecule has 0 heterocycles. The fourth-order valence-corrected chi connectivity index (χ4v) is 2.99. The van der Waals surface area contributed by atoms with E-state index in [-0.39, 0.29) is 23.5 Å². The molecule has 1 N–H and O–H groups in total. The van der Waals surface area contributed by atoms with Gasteiger partial charge in [0.05, 0.1) is 6.61 Å². The van der Waals surface area contributed by atoms with E-state index in [2.05, 4.69) is 0 Å². The molecular weight excluding hydrogens is 259 g/mol. The summed E-state index contributed by atoms with van der Waals surface area (Å²) in [6.45, 7) is 2.23. The van der Waals surface area contributed by atoms with E-state index in [4.69, 9.17) is 4.74 Å². The van der Waals surface area contributed by atoms with Crippen molar-refractivity contribution in [2.75, 3.05) is 6.61 Å². The zero-order valence-corrected chi connectivity index (χ0v) is 11.8. The molecule has 4 heteroatoms. The Balaban J connectivity index is 1.91. The molecule has 0 spiro atoms. The van der Waals surface area contributed by atoms with Gasteiger partial charge >= 0.3 is 5.97 Å². The van der Waals surface area contributed by atoms with Crippen LogP contribution in [0.5, 0.6) is 5.75 Å². The number of halogens is 1. The van der Waals surface area contributed by atoms with Gasteiger partial charge in [0.1, 0.15) is 11.6 Å². The summed E-state index contributed by atoms with van der Waals surface area (Å²) in [6, 6.07) is 4.10. The number of rotatable bonds is 4. The zero-order valence-electron chi connectivity index (χ0n) is 11.8. The molecule has 0 radical (unpaired) electrons. The molecule has 0 aliphatic heterocycles. The first kappa shape index (κ1) is 14.8. The summed E-state index contributed by atoms with van der Waals surface area (Å²) in [5.41, 5.74) is 0.694. The van der Waals surface area contributed by atoms with Crippen LogP contribution >= 0.6 is 0 Å². The van der Waals surface area contributed by atoms with Crippen LogP contribution in [0.3, 0.4) is 0 Å². The smallest absolute Gasteiger partial charge is 0.306 e. The predicted octanol–water partition coefficient (Wildman–Crippen LogP) is 3.76. The van der Waals surface area contributed by atoms with Crippen molar-refractivity contribution in [3.63, 3.8) is 0 Å². The van der Waals surface area contributed by atoms with E-state index >= 15 is 0 Å². The molecule has 1 aliphatic carbocycles. The monoisotopic (exact) mass is 280 g/mol. The number of aromatic hydroxyl groups is 1. The first-order valence-corrected chi connectivity index (χ1v) is 7.24. The van der Waals surface area contributed by atoms with Gasteiger partial charge < -0.3 is 9.84 Å². The van der Waals surface area contributed by atoms with Crippen molar-refractivity contribution in [1.29, 1.82) is 0 Å². The third-order valence-electron chi connectivity index (χ3n) is 4.04. The van der Waals surface area contributed by atoms with E-state index in [1.807, 2.05) is 6.92 Å². The topological polar surface area (TPSA) is 46.5 Å². The standard InChI is InChI=1S/C16H21FO3/c1-2-20-16(19)9-11-3-5-12(6-4-11)14-10-13(17)7-8-15(14)18/h7-8,10-12,18H,2-6,9H2,1H3. The Kier molecular flexibility index (Phi) is 4.99. The van der Waals surface area contributed by atoms with Crippen molar-refractivity contribution in [2.24, 2.45) is 5.92 Å². The fraction of sp³-hybridized carbons (Fsp3) is 0.562. The van der Waals surface area contributed by atoms with E-state index in [1.54, 1.807) is 0 Å². The van der Waals surface area contributed by atoms with Gasteiger partial charge in [-0.3, -0.25) is 4.79 Å². The van der Waals surface area contributed by atoms with Gasteiger partial charge in [0.25, 0.3) is 0 Å². The van der Waals surface area contributed by atoms with Crippen molar-refractivity contribution >= 4 is 5.97 Å². The quantitative estimate of drug-likeness (QED) is 0.854. The Morgan fingerprint density at radius 3 is 2.70 bits per heavy atom. The van der Waals surface area contributed by atoms with E-state index in [1.165, 1.54) is 18.2 Å². The number of phenolic OH excluding ortho intramolecular Hbond substituents is 1. The third-order valence-corrected chi connectivity index (χ3v) is 4.04. The van der Waals surface area contributed by atoms with Gasteiger partial charge in [-0.1, -0.05) is 0 Å². The van der Waals surface area contributed by atoms with Crippen molar-refractivity contribution < 1.29 is 19.0 Å². The molecule has 1 aromatic rings. The Morgan fingerprint density at radius 1 is 1.35 bits per heavy atom. The molecule has 1 aromatic carbocycles. The molecule has 0 saturated heterocycles. The molecule has 2 rings (SSSR count). The number of carbonyl (C=O) groups is 1. The van der Waals surface area contributed by atoms with Gasteiger partial charge in [-0.05, 0) is 68.2 Å². The van der Waals surface area contributed by atoms with E-state index < -0.39 is 0 Å². The molecule has 1 saturated carbocycles. The van der Waals surface area contributed by atoms with Crippen molar-refractivity contribution in [2.45, 2.75) is 44.9 Å². The van der Waals surface area contributed by atoms with Crippen LogP contribution in [0, 0.1) is 11.7 Å². The zero-order chi connectivity index (χ0) is 14.5. The number of esters is 1. The Labute approximate surface area is 118 Å². The average Bonchev–Trinajstić information content (AvgIpc) is 2.43. The maximum atomic E-state index is 13.3. The summed E-state index contributed by atoms with van der Waals surface area (Å²) in [5, 5.41) is 9.83. The van der Waals surface area contributed by atoms with Gasteiger partial charge in [0.2, 0.25) is 0 Å². The summed E-state index contributed by atoms with van der Waals surface area (Å²) in [5.74, 6) is 0.251. The van der Waals surface area contributed by atoms with Gasteiger partial charge in [-0.25, -0.2) is 4.39 Å². The molecule has 110 valence electrons. The first-order valence-electron chi connectivity index (χ1n) is 7.24. The van der Waals surface area contributed by atoms with E-state index in [9.17, 15) is 14.3 Å². The lowest BCUT2D eigenvalue weighted by Crippen LogP contribution is -2.18. The highest BCUT2D eigenvalue weighted by atomic mass is 19.1. The number of carbonyl (C=O) groups excluding carboxylic acids is 1. The van der Waals surface area contributed by atoms with Crippen LogP contribution in [0.25, 0.3) is 0 Å². The van der Waals surface area contributed by atoms with Crippen LogP contribution in [0.4, 0.5) is 4.39 Å². The van der Waals surface area contributed by atoms with Crippen molar-refractivity contribution in [3.05, 3.63) is 29.6 Å². The largest absolute Gasteiger partial charge is 0.508 e. The Morgan fingerprint density at radius 2 is 2.05 bits per heavy atom. The molecule has 0 aromatic heterocycles. The minimum atomic E-state index is -0.313. The number of hydrogen-bond donors (Lipinski definition) is 1. The van der Waals surface area contributed by atoms with Gasteiger partial charge in [0, 0.05) is 6.42 Å². The maximum absolute atomic E-state index is 13.3.